The number of hydrogen-bond acceptors (Lipinski definition) is 13. The summed E-state index contributed by atoms with van der Waals surface area (Å²) in [5.41, 5.74) is 0. The van der Waals surface area contributed by atoms with E-state index in [1.54, 1.807) is 6.08 Å². The van der Waals surface area contributed by atoms with Crippen molar-refractivity contribution in [1.29, 1.82) is 0 Å². The van der Waals surface area contributed by atoms with E-state index < -0.39 is 86.8 Å². The Hall–Kier alpha value is -1.79. The van der Waals surface area contributed by atoms with Crippen molar-refractivity contribution in [2.45, 2.75) is 441 Å². The summed E-state index contributed by atoms with van der Waals surface area (Å²) in [5, 5.41) is 87.5. The number of aliphatic hydroxyl groups is 8. The minimum atomic E-state index is -1.79. The molecule has 12 atom stereocenters. The molecule has 14 nitrogen and oxygen atoms in total. The van der Waals surface area contributed by atoms with E-state index in [4.69, 9.17) is 18.9 Å². The number of ether oxygens (including phenoxy) is 4. The Morgan fingerprint density at radius 3 is 1.05 bits per heavy atom. The van der Waals surface area contributed by atoms with Gasteiger partial charge < -0.3 is 65.1 Å². The Kier molecular flexibility index (Phi) is 59.7. The summed E-state index contributed by atoms with van der Waals surface area (Å²) >= 11 is 0. The van der Waals surface area contributed by atoms with Gasteiger partial charge in [0.25, 0.3) is 0 Å². The van der Waals surface area contributed by atoms with Crippen molar-refractivity contribution in [3.63, 3.8) is 0 Å². The van der Waals surface area contributed by atoms with Crippen LogP contribution in [0.25, 0.3) is 0 Å². The molecule has 2 saturated heterocycles. The molecule has 2 heterocycles. The van der Waals surface area contributed by atoms with Gasteiger partial charge in [0.15, 0.2) is 12.6 Å². The third-order valence-corrected chi connectivity index (χ3v) is 19.6. The summed E-state index contributed by atoms with van der Waals surface area (Å²) in [4.78, 5) is 13.3. The molecule has 93 heavy (non-hydrogen) atoms. The van der Waals surface area contributed by atoms with Crippen molar-refractivity contribution in [3.8, 4) is 0 Å². The first kappa shape index (κ1) is 87.3. The van der Waals surface area contributed by atoms with E-state index in [1.807, 2.05) is 6.08 Å². The summed E-state index contributed by atoms with van der Waals surface area (Å²) in [6.45, 7) is 2.82. The molecule has 548 valence electrons. The van der Waals surface area contributed by atoms with Crippen LogP contribution in [0, 0.1) is 0 Å². The molecule has 0 aromatic carbocycles. The van der Waals surface area contributed by atoms with Crippen molar-refractivity contribution < 1.29 is 64.6 Å². The van der Waals surface area contributed by atoms with Gasteiger partial charge in [-0.2, -0.15) is 0 Å². The molecule has 2 aliphatic heterocycles. The van der Waals surface area contributed by atoms with Crippen LogP contribution in [0.2, 0.25) is 0 Å². The zero-order valence-electron chi connectivity index (χ0n) is 60.0. The summed E-state index contributed by atoms with van der Waals surface area (Å²) in [7, 11) is 0. The van der Waals surface area contributed by atoms with Crippen LogP contribution in [0.15, 0.2) is 36.5 Å². The highest BCUT2D eigenvalue weighted by atomic mass is 16.7. The average molecular weight is 1320 g/mol. The maximum absolute atomic E-state index is 13.3. The second-order valence-electron chi connectivity index (χ2n) is 28.2. The number of rotatable bonds is 67. The molecule has 0 bridgehead atoms. The lowest BCUT2D eigenvalue weighted by atomic mass is 9.97. The zero-order chi connectivity index (χ0) is 67.3. The number of carbonyl (C=O) groups excluding carboxylic acids is 1. The molecule has 0 saturated carbocycles. The number of allylic oxidation sites excluding steroid dienone is 5. The third-order valence-electron chi connectivity index (χ3n) is 19.6. The number of hydrogen-bond donors (Lipinski definition) is 9. The smallest absolute Gasteiger partial charge is 0.220 e. The van der Waals surface area contributed by atoms with Gasteiger partial charge in [0.2, 0.25) is 5.91 Å². The molecule has 0 aliphatic carbocycles. The van der Waals surface area contributed by atoms with E-state index in [2.05, 4.69) is 43.5 Å². The van der Waals surface area contributed by atoms with E-state index in [9.17, 15) is 45.6 Å². The van der Waals surface area contributed by atoms with Crippen LogP contribution >= 0.6 is 0 Å². The fourth-order valence-electron chi connectivity index (χ4n) is 13.3. The Labute approximate surface area is 570 Å². The highest BCUT2D eigenvalue weighted by Crippen LogP contribution is 2.30. The lowest BCUT2D eigenvalue weighted by molar-refractivity contribution is -0.359. The van der Waals surface area contributed by atoms with Gasteiger partial charge in [-0.05, 0) is 44.9 Å². The van der Waals surface area contributed by atoms with E-state index in [0.29, 0.717) is 12.8 Å². The Morgan fingerprint density at radius 2 is 0.688 bits per heavy atom. The monoisotopic (exact) mass is 1320 g/mol. The van der Waals surface area contributed by atoms with E-state index in [0.717, 1.165) is 44.9 Å². The quantitative estimate of drug-likeness (QED) is 0.0204. The Morgan fingerprint density at radius 1 is 0.376 bits per heavy atom. The summed E-state index contributed by atoms with van der Waals surface area (Å²) < 4.78 is 22.9. The van der Waals surface area contributed by atoms with Gasteiger partial charge in [-0.15, -0.1) is 0 Å². The van der Waals surface area contributed by atoms with E-state index in [1.165, 1.54) is 289 Å². The minimum absolute atomic E-state index is 0.246. The predicted molar refractivity (Wildman–Crippen MR) is 383 cm³/mol. The van der Waals surface area contributed by atoms with Crippen LogP contribution in [0.3, 0.4) is 0 Å². The second-order valence-corrected chi connectivity index (χ2v) is 28.2. The highest BCUT2D eigenvalue weighted by molar-refractivity contribution is 5.76. The molecule has 2 rings (SSSR count). The standard InChI is InChI=1S/C79H149NO13/c1-3-5-7-9-11-13-15-17-19-21-23-24-25-26-27-28-29-30-31-32-33-34-35-36-37-38-39-40-41-42-43-45-47-49-51-53-55-57-59-61-63-71(84)80-67(68(83)62-60-58-56-54-52-50-48-46-44-22-20-18-16-14-12-10-8-6-4-2)66-90-78-76(89)74(87)77(70(65-82)92-78)93-79-75(88)73(86)72(85)69(64-81)91-79/h44,46,52,54,60,62,67-70,72-79,81-83,85-89H,3-43,45,47-51,53,55-59,61,63-66H2,1-2H3,(H,80,84)/b46-44+,54-52+,62-60+. The van der Waals surface area contributed by atoms with Crippen LogP contribution in [0.5, 0.6) is 0 Å². The Bertz CT molecular complexity index is 1700. The molecule has 0 aromatic rings. The van der Waals surface area contributed by atoms with E-state index >= 15 is 0 Å². The van der Waals surface area contributed by atoms with Gasteiger partial charge in [-0.1, -0.05) is 352 Å². The molecule has 0 spiro atoms. The maximum Gasteiger partial charge on any atom is 0.220 e. The first-order chi connectivity index (χ1) is 45.6. The molecule has 14 heteroatoms. The topological polar surface area (TPSA) is 228 Å². The van der Waals surface area contributed by atoms with E-state index in [-0.39, 0.29) is 18.9 Å². The SMILES string of the molecule is CCCCCCCCCCC/C=C/CC/C=C/CC/C=C/C(O)C(COC1OC(CO)C(OC2OC(CO)C(O)C(O)C2O)C(O)C1O)NC(=O)CCCCCCCCCCCCCCCCCCCCCCCCCCCCCCCCCCCCCCCCCC. The van der Waals surface area contributed by atoms with Crippen molar-refractivity contribution in [2.75, 3.05) is 19.8 Å². The Balaban J connectivity index is 1.56. The van der Waals surface area contributed by atoms with Gasteiger partial charge in [0.1, 0.15) is 48.8 Å². The van der Waals surface area contributed by atoms with Gasteiger partial charge in [-0.25, -0.2) is 0 Å². The van der Waals surface area contributed by atoms with Crippen LogP contribution < -0.4 is 5.32 Å². The second kappa shape index (κ2) is 63.6. The largest absolute Gasteiger partial charge is 0.394 e. The summed E-state index contributed by atoms with van der Waals surface area (Å²) in [5.74, 6) is -0.246. The molecule has 2 aliphatic rings. The van der Waals surface area contributed by atoms with Crippen molar-refractivity contribution >= 4 is 5.91 Å². The molecule has 1 amide bonds. The van der Waals surface area contributed by atoms with Crippen LogP contribution in [0.1, 0.15) is 367 Å². The summed E-state index contributed by atoms with van der Waals surface area (Å²) in [6.07, 6.45) is 66.9. The minimum Gasteiger partial charge on any atom is -0.394 e. The van der Waals surface area contributed by atoms with Gasteiger partial charge in [0, 0.05) is 6.42 Å². The van der Waals surface area contributed by atoms with Gasteiger partial charge in [0.05, 0.1) is 32.0 Å². The van der Waals surface area contributed by atoms with Crippen LogP contribution in [0.4, 0.5) is 0 Å². The molecule has 9 N–H and O–H groups in total. The molecule has 0 aromatic heterocycles. The number of aliphatic hydroxyl groups excluding tert-OH is 8. The number of nitrogens with one attached hydrogen (secondary N) is 1. The predicted octanol–water partition coefficient (Wildman–Crippen LogP) is 17.6. The number of carbonyl (C=O) groups is 1. The zero-order valence-corrected chi connectivity index (χ0v) is 60.0. The molecular formula is C79H149NO13. The fraction of sp³-hybridized carbons (Fsp3) is 0.911. The molecule has 0 radical (unpaired) electrons. The molecule has 2 fully saturated rings. The van der Waals surface area contributed by atoms with Crippen molar-refractivity contribution in [1.82, 2.24) is 5.32 Å². The third kappa shape index (κ3) is 47.0. The van der Waals surface area contributed by atoms with Crippen LogP contribution in [-0.4, -0.2) is 140 Å². The molecular weight excluding hydrogens is 1170 g/mol. The highest BCUT2D eigenvalue weighted by Gasteiger charge is 2.51. The number of amides is 1. The normalized spacial score (nSPS) is 22.7. The van der Waals surface area contributed by atoms with Crippen molar-refractivity contribution in [2.24, 2.45) is 0 Å². The van der Waals surface area contributed by atoms with Crippen LogP contribution in [-0.2, 0) is 23.7 Å². The summed E-state index contributed by atoms with van der Waals surface area (Å²) in [6, 6.07) is -0.937. The van der Waals surface area contributed by atoms with Gasteiger partial charge >= 0.3 is 0 Å². The lowest BCUT2D eigenvalue weighted by Gasteiger charge is -2.46. The lowest BCUT2D eigenvalue weighted by Crippen LogP contribution is -2.65. The van der Waals surface area contributed by atoms with Gasteiger partial charge in [-0.3, -0.25) is 4.79 Å². The van der Waals surface area contributed by atoms with Crippen molar-refractivity contribution in [3.05, 3.63) is 36.5 Å². The fourth-order valence-corrected chi connectivity index (χ4v) is 13.3. The maximum atomic E-state index is 13.3. The molecule has 12 unspecified atom stereocenters. The first-order valence-corrected chi connectivity index (χ1v) is 39.7. The number of unbranched alkanes of at least 4 members (excludes halogenated alkanes) is 50. The average Bonchev–Trinajstić information content (AvgIpc) is 0.842. The first-order valence-electron chi connectivity index (χ1n) is 39.7.